The highest BCUT2D eigenvalue weighted by Gasteiger charge is 2.16. The highest BCUT2D eigenvalue weighted by molar-refractivity contribution is 7.71. The molecule has 1 fully saturated rings. The molecule has 4 nitrogen and oxygen atoms in total. The minimum absolute atomic E-state index is 0.660. The Morgan fingerprint density at radius 2 is 2.29 bits per heavy atom. The monoisotopic (exact) mass is 267 g/mol. The number of hydrogen-bond donors (Lipinski definition) is 2. The van der Waals surface area contributed by atoms with Gasteiger partial charge in [0.25, 0.3) is 0 Å². The van der Waals surface area contributed by atoms with E-state index in [2.05, 4.69) is 21.5 Å². The number of hydrogen-bond acceptors (Lipinski definition) is 3. The third kappa shape index (κ3) is 2.34. The van der Waals surface area contributed by atoms with Gasteiger partial charge in [-0.25, -0.2) is 4.68 Å². The van der Waals surface area contributed by atoms with Gasteiger partial charge in [-0.1, -0.05) is 6.07 Å². The summed E-state index contributed by atoms with van der Waals surface area (Å²) in [5, 5.41) is 5.35. The summed E-state index contributed by atoms with van der Waals surface area (Å²) in [6.07, 6.45) is 2.66. The highest BCUT2D eigenvalue weighted by Crippen LogP contribution is 2.20. The van der Waals surface area contributed by atoms with Gasteiger partial charge in [-0.3, -0.25) is 5.10 Å². The number of rotatable bonds is 3. The van der Waals surface area contributed by atoms with Crippen LogP contribution >= 0.6 is 23.6 Å². The van der Waals surface area contributed by atoms with E-state index >= 15 is 0 Å². The second kappa shape index (κ2) is 4.72. The first-order valence-corrected chi connectivity index (χ1v) is 7.16. The molecular weight excluding hydrogens is 252 g/mol. The number of nitrogens with one attached hydrogen (secondary N) is 2. The van der Waals surface area contributed by atoms with Crippen LogP contribution in [0.15, 0.2) is 17.5 Å². The number of nitrogens with zero attached hydrogens (tertiary/aromatic N) is 2. The van der Waals surface area contributed by atoms with Gasteiger partial charge in [0, 0.05) is 12.8 Å². The molecule has 1 aliphatic heterocycles. The van der Waals surface area contributed by atoms with Crippen molar-refractivity contribution in [2.75, 3.05) is 13.1 Å². The van der Waals surface area contributed by atoms with Crippen LogP contribution in [0.3, 0.4) is 0 Å². The third-order valence-electron chi connectivity index (χ3n) is 3.13. The predicted octanol–water partition coefficient (Wildman–Crippen LogP) is 1.31. The van der Waals surface area contributed by atoms with Crippen molar-refractivity contribution in [3.63, 3.8) is 0 Å². The summed E-state index contributed by atoms with van der Waals surface area (Å²) in [6, 6.07) is 4.09. The molecule has 0 saturated carbocycles. The first kappa shape index (κ1) is 11.1. The van der Waals surface area contributed by atoms with Crippen molar-refractivity contribution in [1.82, 2.24) is 14.8 Å². The van der Waals surface area contributed by atoms with Crippen molar-refractivity contribution in [3.8, 4) is 10.7 Å². The highest BCUT2D eigenvalue weighted by atomic mass is 32.1. The van der Waals surface area contributed by atoms with Gasteiger partial charge in [0.15, 0.2) is 12.5 Å². The molecule has 3 rings (SSSR count). The minimum Gasteiger partial charge on any atom is -0.316 e. The summed E-state index contributed by atoms with van der Waals surface area (Å²) in [5.74, 6) is 0.892. The maximum absolute atomic E-state index is 5.29. The van der Waals surface area contributed by atoms with E-state index in [0.29, 0.717) is 4.77 Å². The van der Waals surface area contributed by atoms with Gasteiger partial charge in [-0.2, -0.15) is 4.98 Å². The molecule has 1 aliphatic rings. The molecule has 90 valence electrons. The van der Waals surface area contributed by atoms with Crippen molar-refractivity contribution >= 4 is 23.6 Å². The minimum atomic E-state index is 0.660. The molecule has 6 heteroatoms. The number of quaternary nitrogens is 1. The zero-order valence-electron chi connectivity index (χ0n) is 9.48. The van der Waals surface area contributed by atoms with E-state index in [1.165, 1.54) is 25.9 Å². The molecule has 0 spiro atoms. The molecule has 0 unspecified atom stereocenters. The third-order valence-corrected chi connectivity index (χ3v) is 4.31. The predicted molar refractivity (Wildman–Crippen MR) is 70.7 cm³/mol. The molecule has 0 aliphatic carbocycles. The van der Waals surface area contributed by atoms with Crippen molar-refractivity contribution < 1.29 is 4.90 Å². The lowest BCUT2D eigenvalue weighted by Gasteiger charge is -2.11. The number of aromatic nitrogens is 3. The van der Waals surface area contributed by atoms with Crippen LogP contribution in [-0.4, -0.2) is 27.9 Å². The average Bonchev–Trinajstić information content (AvgIpc) is 3.02. The van der Waals surface area contributed by atoms with E-state index < -0.39 is 0 Å². The molecule has 0 atom stereocenters. The Morgan fingerprint density at radius 3 is 3.00 bits per heavy atom. The maximum atomic E-state index is 5.29. The summed E-state index contributed by atoms with van der Waals surface area (Å²) < 4.78 is 2.65. The molecule has 2 aromatic heterocycles. The molecule has 3 heterocycles. The number of likely N-dealkylation sites (tertiary alicyclic amines) is 1. The first-order valence-electron chi connectivity index (χ1n) is 5.87. The van der Waals surface area contributed by atoms with Gasteiger partial charge in [-0.05, 0) is 23.7 Å². The summed E-state index contributed by atoms with van der Waals surface area (Å²) >= 11 is 6.97. The van der Waals surface area contributed by atoms with Crippen LogP contribution in [0.4, 0.5) is 0 Å². The van der Waals surface area contributed by atoms with E-state index in [0.717, 1.165) is 17.4 Å². The maximum Gasteiger partial charge on any atom is 0.221 e. The van der Waals surface area contributed by atoms with Crippen molar-refractivity contribution in [2.24, 2.45) is 0 Å². The van der Waals surface area contributed by atoms with E-state index in [-0.39, 0.29) is 0 Å². The van der Waals surface area contributed by atoms with Crippen LogP contribution in [0.2, 0.25) is 0 Å². The Balaban J connectivity index is 1.83. The molecule has 0 radical (unpaired) electrons. The summed E-state index contributed by atoms with van der Waals surface area (Å²) in [7, 11) is 0. The smallest absolute Gasteiger partial charge is 0.221 e. The molecule has 2 N–H and O–H groups in total. The molecule has 17 heavy (non-hydrogen) atoms. The molecule has 0 aromatic carbocycles. The van der Waals surface area contributed by atoms with Gasteiger partial charge in [0.2, 0.25) is 4.77 Å². The summed E-state index contributed by atoms with van der Waals surface area (Å²) in [4.78, 5) is 7.14. The zero-order valence-corrected chi connectivity index (χ0v) is 11.1. The van der Waals surface area contributed by atoms with Crippen molar-refractivity contribution in [2.45, 2.75) is 19.5 Å². The van der Waals surface area contributed by atoms with Crippen molar-refractivity contribution in [1.29, 1.82) is 0 Å². The Kier molecular flexibility index (Phi) is 3.09. The fourth-order valence-electron chi connectivity index (χ4n) is 2.24. The second-order valence-corrected chi connectivity index (χ2v) is 5.69. The number of aromatic amines is 1. The first-order chi connectivity index (χ1) is 8.33. The quantitative estimate of drug-likeness (QED) is 0.823. The Hall–Kier alpha value is -0.980. The topological polar surface area (TPSA) is 38.0 Å². The fraction of sp³-hybridized carbons (Fsp3) is 0.455. The van der Waals surface area contributed by atoms with E-state index in [4.69, 9.17) is 12.2 Å². The Bertz CT molecular complexity index is 534. The molecule has 0 bridgehead atoms. The van der Waals surface area contributed by atoms with Gasteiger partial charge < -0.3 is 4.90 Å². The SMILES string of the molecule is S=c1nc(-c2cccs2)[nH]n1C[NH+]1CCCC1. The lowest BCUT2D eigenvalue weighted by molar-refractivity contribution is -0.911. The van der Waals surface area contributed by atoms with E-state index in [1.807, 2.05) is 10.7 Å². The molecular formula is C11H15N4S2+. The fourth-order valence-corrected chi connectivity index (χ4v) is 3.11. The van der Waals surface area contributed by atoms with Crippen LogP contribution < -0.4 is 4.90 Å². The normalized spacial score (nSPS) is 16.7. The van der Waals surface area contributed by atoms with Crippen LogP contribution in [0.25, 0.3) is 10.7 Å². The lowest BCUT2D eigenvalue weighted by atomic mass is 10.4. The van der Waals surface area contributed by atoms with Gasteiger partial charge >= 0.3 is 0 Å². The van der Waals surface area contributed by atoms with E-state index in [9.17, 15) is 0 Å². The van der Waals surface area contributed by atoms with Crippen LogP contribution in [0, 0.1) is 4.77 Å². The second-order valence-electron chi connectivity index (χ2n) is 4.38. The Labute approximate surface area is 109 Å². The van der Waals surface area contributed by atoms with Crippen LogP contribution in [0.1, 0.15) is 12.8 Å². The van der Waals surface area contributed by atoms with Crippen molar-refractivity contribution in [3.05, 3.63) is 22.3 Å². The standard InChI is InChI=1S/C11H14N4S2/c16-11-12-10(9-4-3-7-17-9)13-15(11)8-14-5-1-2-6-14/h3-4,7H,1-2,5-6,8H2,(H,12,13,16)/p+1. The largest absolute Gasteiger partial charge is 0.316 e. The van der Waals surface area contributed by atoms with Crippen LogP contribution in [0.5, 0.6) is 0 Å². The van der Waals surface area contributed by atoms with Crippen LogP contribution in [-0.2, 0) is 6.67 Å². The molecule has 0 amide bonds. The number of thiophene rings is 1. The van der Waals surface area contributed by atoms with Gasteiger partial charge in [0.1, 0.15) is 0 Å². The van der Waals surface area contributed by atoms with Gasteiger partial charge in [0.05, 0.1) is 18.0 Å². The summed E-state index contributed by atoms with van der Waals surface area (Å²) in [5.41, 5.74) is 0. The Morgan fingerprint density at radius 1 is 1.47 bits per heavy atom. The van der Waals surface area contributed by atoms with Gasteiger partial charge in [-0.15, -0.1) is 11.3 Å². The molecule has 2 aromatic rings. The molecule has 1 saturated heterocycles. The average molecular weight is 267 g/mol. The van der Waals surface area contributed by atoms with E-state index in [1.54, 1.807) is 16.2 Å². The summed E-state index contributed by atoms with van der Waals surface area (Å²) in [6.45, 7) is 3.40. The zero-order chi connectivity index (χ0) is 11.7. The lowest BCUT2D eigenvalue weighted by Crippen LogP contribution is -3.09. The number of H-pyrrole nitrogens is 1.